The van der Waals surface area contributed by atoms with Gasteiger partial charge in [-0.15, -0.1) is 0 Å². The van der Waals surface area contributed by atoms with E-state index in [4.69, 9.17) is 19.2 Å². The molecule has 174 valence electrons. The summed E-state index contributed by atoms with van der Waals surface area (Å²) in [6.07, 6.45) is 3.38. The number of para-hydroxylation sites is 1. The highest BCUT2D eigenvalue weighted by atomic mass is 16.5. The second-order valence-corrected chi connectivity index (χ2v) is 8.83. The maximum absolute atomic E-state index is 13.5. The Morgan fingerprint density at radius 3 is 2.33 bits per heavy atom. The standard InChI is InChI=1S/C27H32N2O4/c1-16-9-8-12-21(17(16)2)29-27(30)20-15-23(28-22-11-7-6-10-19(20)22)18-13-24(31-3)26(33-5)25(14-18)32-4/h6-7,10-11,13-17,21H,8-9,12H2,1-5H3,(H,29,30)/t16-,17+,21+/m0/s1. The van der Waals surface area contributed by atoms with E-state index in [0.29, 0.717) is 40.3 Å². The van der Waals surface area contributed by atoms with Crippen molar-refractivity contribution in [1.82, 2.24) is 10.3 Å². The lowest BCUT2D eigenvalue weighted by molar-refractivity contribution is 0.0892. The summed E-state index contributed by atoms with van der Waals surface area (Å²) >= 11 is 0. The normalized spacial score (nSPS) is 20.3. The second-order valence-electron chi connectivity index (χ2n) is 8.83. The molecule has 1 N–H and O–H groups in total. The number of benzene rings is 2. The van der Waals surface area contributed by atoms with Crippen molar-refractivity contribution in [3.05, 3.63) is 48.0 Å². The molecule has 3 aromatic rings. The fourth-order valence-electron chi connectivity index (χ4n) is 4.77. The highest BCUT2D eigenvalue weighted by molar-refractivity contribution is 6.07. The molecule has 1 aliphatic rings. The van der Waals surface area contributed by atoms with Crippen molar-refractivity contribution < 1.29 is 19.0 Å². The SMILES string of the molecule is COc1cc(-c2cc(C(=O)N[C@@H]3CCC[C@H](C)[C@H]3C)c3ccccc3n2)cc(OC)c1OC. The molecule has 1 heterocycles. The van der Waals surface area contributed by atoms with Gasteiger partial charge in [-0.2, -0.15) is 0 Å². The van der Waals surface area contributed by atoms with E-state index < -0.39 is 0 Å². The lowest BCUT2D eigenvalue weighted by atomic mass is 9.78. The molecule has 0 unspecified atom stereocenters. The Morgan fingerprint density at radius 1 is 0.970 bits per heavy atom. The van der Waals surface area contributed by atoms with Crippen LogP contribution in [0.1, 0.15) is 43.5 Å². The lowest BCUT2D eigenvalue weighted by Crippen LogP contribution is -2.43. The van der Waals surface area contributed by atoms with E-state index in [2.05, 4.69) is 19.2 Å². The summed E-state index contributed by atoms with van der Waals surface area (Å²) in [6.45, 7) is 4.51. The molecule has 0 radical (unpaired) electrons. The minimum Gasteiger partial charge on any atom is -0.493 e. The van der Waals surface area contributed by atoms with Crippen LogP contribution in [-0.2, 0) is 0 Å². The molecule has 1 saturated carbocycles. The largest absolute Gasteiger partial charge is 0.493 e. The van der Waals surface area contributed by atoms with E-state index in [1.54, 1.807) is 21.3 Å². The Bertz CT molecular complexity index is 1140. The maximum atomic E-state index is 13.5. The van der Waals surface area contributed by atoms with Crippen LogP contribution in [0.25, 0.3) is 22.2 Å². The molecule has 1 aliphatic carbocycles. The van der Waals surface area contributed by atoms with Crippen LogP contribution < -0.4 is 19.5 Å². The fourth-order valence-corrected chi connectivity index (χ4v) is 4.77. The van der Waals surface area contributed by atoms with Crippen LogP contribution in [0.4, 0.5) is 0 Å². The molecule has 0 bridgehead atoms. The third kappa shape index (κ3) is 4.47. The van der Waals surface area contributed by atoms with E-state index in [0.717, 1.165) is 29.3 Å². The molecule has 3 atom stereocenters. The van der Waals surface area contributed by atoms with Gasteiger partial charge in [-0.05, 0) is 42.5 Å². The maximum Gasteiger partial charge on any atom is 0.252 e. The zero-order chi connectivity index (χ0) is 23.5. The Hall–Kier alpha value is -3.28. The average molecular weight is 449 g/mol. The van der Waals surface area contributed by atoms with Crippen molar-refractivity contribution in [2.75, 3.05) is 21.3 Å². The number of aromatic nitrogens is 1. The Balaban J connectivity index is 1.79. The molecule has 4 rings (SSSR count). The molecule has 0 spiro atoms. The molecular weight excluding hydrogens is 416 g/mol. The van der Waals surface area contributed by atoms with Gasteiger partial charge in [0.1, 0.15) is 0 Å². The van der Waals surface area contributed by atoms with Crippen LogP contribution in [0, 0.1) is 11.8 Å². The number of amides is 1. The number of carbonyl (C=O) groups is 1. The number of hydrogen-bond donors (Lipinski definition) is 1. The summed E-state index contributed by atoms with van der Waals surface area (Å²) in [5.74, 6) is 2.59. The highest BCUT2D eigenvalue weighted by Gasteiger charge is 2.29. The molecule has 2 aromatic carbocycles. The summed E-state index contributed by atoms with van der Waals surface area (Å²) in [6, 6.07) is 13.5. The van der Waals surface area contributed by atoms with E-state index >= 15 is 0 Å². The van der Waals surface area contributed by atoms with Gasteiger partial charge in [0.25, 0.3) is 5.91 Å². The van der Waals surface area contributed by atoms with Crippen LogP contribution >= 0.6 is 0 Å². The van der Waals surface area contributed by atoms with Crippen molar-refractivity contribution in [2.24, 2.45) is 11.8 Å². The minimum atomic E-state index is -0.0618. The van der Waals surface area contributed by atoms with Gasteiger partial charge in [-0.25, -0.2) is 4.98 Å². The van der Waals surface area contributed by atoms with Gasteiger partial charge >= 0.3 is 0 Å². The van der Waals surface area contributed by atoms with Crippen LogP contribution in [0.15, 0.2) is 42.5 Å². The molecule has 0 aliphatic heterocycles. The molecule has 1 aromatic heterocycles. The van der Waals surface area contributed by atoms with Crippen molar-refractivity contribution in [2.45, 2.75) is 39.2 Å². The predicted molar refractivity (Wildman–Crippen MR) is 130 cm³/mol. The molecule has 33 heavy (non-hydrogen) atoms. The zero-order valence-electron chi connectivity index (χ0n) is 20.0. The summed E-state index contributed by atoms with van der Waals surface area (Å²) in [7, 11) is 4.74. The fraction of sp³-hybridized carbons (Fsp3) is 0.407. The first-order valence-electron chi connectivity index (χ1n) is 11.5. The summed E-state index contributed by atoms with van der Waals surface area (Å²) in [4.78, 5) is 18.3. The molecule has 1 fully saturated rings. The average Bonchev–Trinajstić information content (AvgIpc) is 2.85. The number of ether oxygens (including phenoxy) is 3. The van der Waals surface area contributed by atoms with E-state index in [1.165, 1.54) is 6.42 Å². The molecule has 1 amide bonds. The number of carbonyl (C=O) groups excluding carboxylic acids is 1. The number of methoxy groups -OCH3 is 3. The molecule has 6 heteroatoms. The quantitative estimate of drug-likeness (QED) is 0.541. The van der Waals surface area contributed by atoms with Crippen LogP contribution in [0.5, 0.6) is 17.2 Å². The van der Waals surface area contributed by atoms with Crippen molar-refractivity contribution in [3.63, 3.8) is 0 Å². The van der Waals surface area contributed by atoms with Crippen molar-refractivity contribution in [3.8, 4) is 28.5 Å². The summed E-state index contributed by atoms with van der Waals surface area (Å²) < 4.78 is 16.5. The number of pyridine rings is 1. The third-order valence-corrected chi connectivity index (χ3v) is 6.94. The number of nitrogens with zero attached hydrogens (tertiary/aromatic N) is 1. The van der Waals surface area contributed by atoms with Crippen LogP contribution in [0.2, 0.25) is 0 Å². The highest BCUT2D eigenvalue weighted by Crippen LogP contribution is 2.41. The number of nitrogens with one attached hydrogen (secondary N) is 1. The lowest BCUT2D eigenvalue weighted by Gasteiger charge is -2.34. The minimum absolute atomic E-state index is 0.0618. The van der Waals surface area contributed by atoms with Gasteiger partial charge in [0.15, 0.2) is 11.5 Å². The van der Waals surface area contributed by atoms with E-state index in [-0.39, 0.29) is 11.9 Å². The van der Waals surface area contributed by atoms with Crippen molar-refractivity contribution in [1.29, 1.82) is 0 Å². The topological polar surface area (TPSA) is 69.7 Å². The molecule has 0 saturated heterocycles. The number of fused-ring (bicyclic) bond motifs is 1. The van der Waals surface area contributed by atoms with Gasteiger partial charge in [0, 0.05) is 17.0 Å². The Labute approximate surface area is 195 Å². The van der Waals surface area contributed by atoms with Gasteiger partial charge in [-0.3, -0.25) is 4.79 Å². The first-order valence-corrected chi connectivity index (χ1v) is 11.5. The third-order valence-electron chi connectivity index (χ3n) is 6.94. The van der Waals surface area contributed by atoms with E-state index in [1.807, 2.05) is 42.5 Å². The van der Waals surface area contributed by atoms with E-state index in [9.17, 15) is 4.79 Å². The van der Waals surface area contributed by atoms with Gasteiger partial charge in [0.2, 0.25) is 5.75 Å². The predicted octanol–water partition coefficient (Wildman–Crippen LogP) is 5.48. The first-order chi connectivity index (χ1) is 16.0. The van der Waals surface area contributed by atoms with Crippen molar-refractivity contribution >= 4 is 16.8 Å². The molecular formula is C27H32N2O4. The number of rotatable bonds is 6. The van der Waals surface area contributed by atoms with Gasteiger partial charge < -0.3 is 19.5 Å². The Morgan fingerprint density at radius 2 is 1.67 bits per heavy atom. The Kier molecular flexibility index (Phi) is 6.72. The monoisotopic (exact) mass is 448 g/mol. The molecule has 6 nitrogen and oxygen atoms in total. The van der Waals surface area contributed by atoms with Gasteiger partial charge in [0.05, 0.1) is 38.1 Å². The zero-order valence-corrected chi connectivity index (χ0v) is 20.0. The van der Waals surface area contributed by atoms with Crippen LogP contribution in [0.3, 0.4) is 0 Å². The smallest absolute Gasteiger partial charge is 0.252 e. The number of hydrogen-bond acceptors (Lipinski definition) is 5. The summed E-state index contributed by atoms with van der Waals surface area (Å²) in [5.41, 5.74) is 2.83. The van der Waals surface area contributed by atoms with Crippen LogP contribution in [-0.4, -0.2) is 38.3 Å². The second kappa shape index (κ2) is 9.69. The van der Waals surface area contributed by atoms with Gasteiger partial charge in [-0.1, -0.05) is 44.9 Å². The first kappa shape index (κ1) is 22.9. The summed E-state index contributed by atoms with van der Waals surface area (Å²) in [5, 5.41) is 4.15.